The summed E-state index contributed by atoms with van der Waals surface area (Å²) in [4.78, 5) is 10.9. The molecule has 1 aliphatic heterocycles. The Bertz CT molecular complexity index is 819. The highest BCUT2D eigenvalue weighted by atomic mass is 16.5. The molecule has 24 heavy (non-hydrogen) atoms. The zero-order valence-electron chi connectivity index (χ0n) is 13.4. The number of pyridine rings is 1. The van der Waals surface area contributed by atoms with Crippen molar-refractivity contribution in [2.24, 2.45) is 0 Å². The van der Waals surface area contributed by atoms with Crippen LogP contribution >= 0.6 is 0 Å². The van der Waals surface area contributed by atoms with Crippen molar-refractivity contribution in [2.45, 2.75) is 19.5 Å². The fraction of sp³-hybridized carbons (Fsp3) is 0.278. The van der Waals surface area contributed by atoms with Crippen LogP contribution in [0.4, 0.5) is 0 Å². The molecule has 6 nitrogen and oxygen atoms in total. The lowest BCUT2D eigenvalue weighted by molar-refractivity contribution is 0.151. The minimum absolute atomic E-state index is 0.0117. The van der Waals surface area contributed by atoms with Gasteiger partial charge in [0.15, 0.2) is 0 Å². The Morgan fingerprint density at radius 3 is 2.96 bits per heavy atom. The Kier molecular flexibility index (Phi) is 3.96. The van der Waals surface area contributed by atoms with E-state index in [1.54, 1.807) is 12.4 Å². The van der Waals surface area contributed by atoms with Crippen LogP contribution in [0.5, 0.6) is 5.75 Å². The Labute approximate surface area is 140 Å². The smallest absolute Gasteiger partial charge is 0.244 e. The van der Waals surface area contributed by atoms with E-state index in [0.29, 0.717) is 18.3 Å². The zero-order chi connectivity index (χ0) is 16.4. The molecule has 0 bridgehead atoms. The maximum Gasteiger partial charge on any atom is 0.244 e. The summed E-state index contributed by atoms with van der Waals surface area (Å²) in [5, 5.41) is 4.09. The van der Waals surface area contributed by atoms with Crippen molar-refractivity contribution in [3.8, 4) is 17.1 Å². The van der Waals surface area contributed by atoms with Crippen LogP contribution in [0.1, 0.15) is 24.4 Å². The number of hydrogen-bond donors (Lipinski definition) is 0. The first kappa shape index (κ1) is 14.8. The molecule has 122 valence electrons. The third-order valence-electron chi connectivity index (χ3n) is 4.25. The van der Waals surface area contributed by atoms with Gasteiger partial charge in [-0.1, -0.05) is 23.4 Å². The molecule has 3 heterocycles. The summed E-state index contributed by atoms with van der Waals surface area (Å²) in [6.07, 6.45) is 3.46. The van der Waals surface area contributed by atoms with Crippen LogP contribution in [0.15, 0.2) is 53.3 Å². The molecule has 1 aromatic carbocycles. The van der Waals surface area contributed by atoms with Crippen LogP contribution in [0.3, 0.4) is 0 Å². The summed E-state index contributed by atoms with van der Waals surface area (Å²) in [5.74, 6) is 2.12. The summed E-state index contributed by atoms with van der Waals surface area (Å²) in [5.41, 5.74) is 2.03. The molecular weight excluding hydrogens is 304 g/mol. The third-order valence-corrected chi connectivity index (χ3v) is 4.25. The lowest BCUT2D eigenvalue weighted by Gasteiger charge is -2.23. The zero-order valence-corrected chi connectivity index (χ0v) is 13.4. The lowest BCUT2D eigenvalue weighted by Crippen LogP contribution is -2.29. The largest absolute Gasteiger partial charge is 0.492 e. The van der Waals surface area contributed by atoms with Gasteiger partial charge < -0.3 is 9.26 Å². The molecule has 0 aliphatic carbocycles. The molecular formula is C18H18N4O2. The molecule has 1 atom stereocenters. The van der Waals surface area contributed by atoms with E-state index in [1.165, 1.54) is 5.56 Å². The van der Waals surface area contributed by atoms with Gasteiger partial charge in [0.1, 0.15) is 12.4 Å². The first-order valence-corrected chi connectivity index (χ1v) is 8.00. The Balaban J connectivity index is 1.56. The van der Waals surface area contributed by atoms with Gasteiger partial charge in [-0.25, -0.2) is 0 Å². The highest BCUT2D eigenvalue weighted by molar-refractivity contribution is 5.51. The second kappa shape index (κ2) is 6.41. The average molecular weight is 322 g/mol. The Hall–Kier alpha value is -2.73. The number of fused-ring (bicyclic) bond motifs is 1. The van der Waals surface area contributed by atoms with E-state index in [2.05, 4.69) is 33.0 Å². The normalized spacial score (nSPS) is 16.0. The molecule has 0 spiro atoms. The molecule has 0 saturated carbocycles. The molecule has 0 fully saturated rings. The molecule has 4 rings (SSSR count). The van der Waals surface area contributed by atoms with E-state index in [0.717, 1.165) is 24.4 Å². The monoisotopic (exact) mass is 322 g/mol. The van der Waals surface area contributed by atoms with Crippen LogP contribution in [0, 0.1) is 0 Å². The number of aromatic nitrogens is 3. The molecule has 2 aromatic heterocycles. The van der Waals surface area contributed by atoms with Gasteiger partial charge in [-0.2, -0.15) is 4.98 Å². The number of para-hydroxylation sites is 1. The fourth-order valence-corrected chi connectivity index (χ4v) is 2.85. The standard InChI is InChI=1S/C18H18N4O2/c1-13(18-20-17(21-24-18)14-6-4-8-19-11-14)22-9-10-23-16-7-3-2-5-15(16)12-22/h2-8,11,13H,9-10,12H2,1H3/t13-/m0/s1. The van der Waals surface area contributed by atoms with Crippen molar-refractivity contribution in [1.29, 1.82) is 0 Å². The highest BCUT2D eigenvalue weighted by Crippen LogP contribution is 2.28. The van der Waals surface area contributed by atoms with E-state index in [-0.39, 0.29) is 6.04 Å². The topological polar surface area (TPSA) is 64.3 Å². The van der Waals surface area contributed by atoms with Crippen LogP contribution in [0.25, 0.3) is 11.4 Å². The Morgan fingerprint density at radius 2 is 2.08 bits per heavy atom. The van der Waals surface area contributed by atoms with Crippen molar-refractivity contribution < 1.29 is 9.26 Å². The predicted molar refractivity (Wildman–Crippen MR) is 88.3 cm³/mol. The van der Waals surface area contributed by atoms with Gasteiger partial charge in [-0.05, 0) is 25.1 Å². The molecule has 3 aromatic rings. The predicted octanol–water partition coefficient (Wildman–Crippen LogP) is 3.09. The second-order valence-corrected chi connectivity index (χ2v) is 5.80. The van der Waals surface area contributed by atoms with Crippen LogP contribution in [-0.4, -0.2) is 33.2 Å². The minimum Gasteiger partial charge on any atom is -0.492 e. The van der Waals surface area contributed by atoms with Crippen molar-refractivity contribution in [1.82, 2.24) is 20.0 Å². The van der Waals surface area contributed by atoms with E-state index >= 15 is 0 Å². The van der Waals surface area contributed by atoms with Gasteiger partial charge in [0.25, 0.3) is 0 Å². The number of nitrogens with zero attached hydrogens (tertiary/aromatic N) is 4. The fourth-order valence-electron chi connectivity index (χ4n) is 2.85. The Morgan fingerprint density at radius 1 is 1.17 bits per heavy atom. The first-order valence-electron chi connectivity index (χ1n) is 8.00. The quantitative estimate of drug-likeness (QED) is 0.738. The van der Waals surface area contributed by atoms with E-state index in [9.17, 15) is 0 Å². The van der Waals surface area contributed by atoms with E-state index < -0.39 is 0 Å². The highest BCUT2D eigenvalue weighted by Gasteiger charge is 2.25. The van der Waals surface area contributed by atoms with Crippen LogP contribution < -0.4 is 4.74 Å². The molecule has 6 heteroatoms. The minimum atomic E-state index is 0.0117. The molecule has 0 N–H and O–H groups in total. The molecule has 0 unspecified atom stereocenters. The van der Waals surface area contributed by atoms with E-state index in [4.69, 9.17) is 9.26 Å². The first-order chi connectivity index (χ1) is 11.8. The van der Waals surface area contributed by atoms with Crippen molar-refractivity contribution in [2.75, 3.05) is 13.2 Å². The summed E-state index contributed by atoms with van der Waals surface area (Å²) in [6, 6.07) is 11.9. The van der Waals surface area contributed by atoms with Crippen molar-refractivity contribution in [3.63, 3.8) is 0 Å². The maximum absolute atomic E-state index is 5.82. The van der Waals surface area contributed by atoms with E-state index in [1.807, 2.05) is 30.3 Å². The van der Waals surface area contributed by atoms with Gasteiger partial charge in [0.2, 0.25) is 11.7 Å². The number of benzene rings is 1. The van der Waals surface area contributed by atoms with Crippen LogP contribution in [0.2, 0.25) is 0 Å². The van der Waals surface area contributed by atoms with Gasteiger partial charge in [0, 0.05) is 36.6 Å². The molecule has 0 radical (unpaired) electrons. The van der Waals surface area contributed by atoms with Gasteiger partial charge in [-0.3, -0.25) is 9.88 Å². The average Bonchev–Trinajstić information content (AvgIpc) is 3.02. The van der Waals surface area contributed by atoms with Crippen LogP contribution in [-0.2, 0) is 6.54 Å². The summed E-state index contributed by atoms with van der Waals surface area (Å²) < 4.78 is 11.3. The SMILES string of the molecule is C[C@@H](c1nc(-c2cccnc2)no1)N1CCOc2ccccc2C1. The summed E-state index contributed by atoms with van der Waals surface area (Å²) in [6.45, 7) is 4.32. The summed E-state index contributed by atoms with van der Waals surface area (Å²) >= 11 is 0. The number of hydrogen-bond acceptors (Lipinski definition) is 6. The van der Waals surface area contributed by atoms with Gasteiger partial charge in [0.05, 0.1) is 6.04 Å². The summed E-state index contributed by atoms with van der Waals surface area (Å²) in [7, 11) is 0. The second-order valence-electron chi connectivity index (χ2n) is 5.80. The number of rotatable bonds is 3. The van der Waals surface area contributed by atoms with Crippen molar-refractivity contribution >= 4 is 0 Å². The molecule has 0 saturated heterocycles. The third kappa shape index (κ3) is 2.88. The number of ether oxygens (including phenoxy) is 1. The molecule has 1 aliphatic rings. The molecule has 0 amide bonds. The maximum atomic E-state index is 5.82. The lowest BCUT2D eigenvalue weighted by atomic mass is 10.1. The van der Waals surface area contributed by atoms with Crippen molar-refractivity contribution in [3.05, 3.63) is 60.2 Å². The van der Waals surface area contributed by atoms with Gasteiger partial charge >= 0.3 is 0 Å². The van der Waals surface area contributed by atoms with Gasteiger partial charge in [-0.15, -0.1) is 0 Å².